The lowest BCUT2D eigenvalue weighted by atomic mass is 9.40. The van der Waals surface area contributed by atoms with Gasteiger partial charge < -0.3 is 33.9 Å². The number of fused-ring (bicyclic) bond motifs is 4. The molecule has 236 valence electrons. The zero-order chi connectivity index (χ0) is 31.3. The fourth-order valence-electron chi connectivity index (χ4n) is 10.3. The minimum Gasteiger partial charge on any atom is -0.469 e. The van der Waals surface area contributed by atoms with Crippen molar-refractivity contribution in [2.24, 2.45) is 34.0 Å². The molecule has 10 heteroatoms. The number of carbonyl (C=O) groups is 3. The Balaban J connectivity index is 1.38. The summed E-state index contributed by atoms with van der Waals surface area (Å²) in [5.41, 5.74) is 0.515. The summed E-state index contributed by atoms with van der Waals surface area (Å²) in [6.07, 6.45) is -1.87. The highest BCUT2D eigenvalue weighted by Gasteiger charge is 2.78. The second kappa shape index (κ2) is 9.97. The Hall–Kier alpha value is -3.05. The summed E-state index contributed by atoms with van der Waals surface area (Å²) in [6, 6.07) is 8.76. The van der Waals surface area contributed by atoms with Gasteiger partial charge in [-0.1, -0.05) is 44.5 Å². The van der Waals surface area contributed by atoms with Crippen molar-refractivity contribution in [2.45, 2.75) is 83.8 Å². The van der Waals surface area contributed by atoms with Crippen LogP contribution >= 0.6 is 0 Å². The molecule has 7 rings (SSSR count). The van der Waals surface area contributed by atoms with Gasteiger partial charge in [-0.2, -0.15) is 0 Å². The molecule has 44 heavy (non-hydrogen) atoms. The first-order valence-corrected chi connectivity index (χ1v) is 15.5. The number of carbonyl (C=O) groups excluding carboxylic acids is 3. The third kappa shape index (κ3) is 3.83. The van der Waals surface area contributed by atoms with Gasteiger partial charge in [0.1, 0.15) is 6.10 Å². The molecule has 1 aromatic carbocycles. The van der Waals surface area contributed by atoms with Gasteiger partial charge >= 0.3 is 17.9 Å². The summed E-state index contributed by atoms with van der Waals surface area (Å²) < 4.78 is 30.1. The quantitative estimate of drug-likeness (QED) is 0.291. The van der Waals surface area contributed by atoms with Crippen LogP contribution in [0.25, 0.3) is 0 Å². The minimum atomic E-state index is -1.28. The van der Waals surface area contributed by atoms with E-state index in [-0.39, 0.29) is 30.8 Å². The van der Waals surface area contributed by atoms with Crippen LogP contribution in [-0.4, -0.2) is 78.6 Å². The molecule has 3 aliphatic heterocycles. The molecule has 2 saturated heterocycles. The third-order valence-electron chi connectivity index (χ3n) is 12.2. The molecule has 2 saturated carbocycles. The second-order valence-electron chi connectivity index (χ2n) is 14.1. The highest BCUT2D eigenvalue weighted by atomic mass is 16.6. The molecule has 1 aromatic rings. The first kappa shape index (κ1) is 29.6. The molecule has 2 N–H and O–H groups in total. The van der Waals surface area contributed by atoms with E-state index >= 15 is 0 Å². The van der Waals surface area contributed by atoms with Crippen LogP contribution in [0.4, 0.5) is 0 Å². The Morgan fingerprint density at radius 3 is 2.48 bits per heavy atom. The summed E-state index contributed by atoms with van der Waals surface area (Å²) in [4.78, 5) is 39.5. The van der Waals surface area contributed by atoms with E-state index in [1.54, 1.807) is 24.3 Å². The van der Waals surface area contributed by atoms with E-state index in [9.17, 15) is 24.6 Å². The lowest BCUT2D eigenvalue weighted by Gasteiger charge is -2.65. The van der Waals surface area contributed by atoms with Crippen molar-refractivity contribution in [2.75, 3.05) is 13.7 Å². The van der Waals surface area contributed by atoms with Crippen molar-refractivity contribution in [1.82, 2.24) is 0 Å². The van der Waals surface area contributed by atoms with Crippen molar-refractivity contribution in [3.8, 4) is 0 Å². The number of benzene rings is 1. The van der Waals surface area contributed by atoms with Crippen LogP contribution in [0.3, 0.4) is 0 Å². The molecule has 0 bridgehead atoms. The third-order valence-corrected chi connectivity index (χ3v) is 12.2. The monoisotopic (exact) mass is 608 g/mol. The van der Waals surface area contributed by atoms with Gasteiger partial charge in [-0.15, -0.1) is 0 Å². The molecular weight excluding hydrogens is 568 g/mol. The maximum Gasteiger partial charge on any atom is 0.338 e. The van der Waals surface area contributed by atoms with Gasteiger partial charge in [0.25, 0.3) is 0 Å². The summed E-state index contributed by atoms with van der Waals surface area (Å²) in [5, 5.41) is 21.6. The Morgan fingerprint density at radius 1 is 1.09 bits per heavy atom. The Morgan fingerprint density at radius 2 is 1.82 bits per heavy atom. The van der Waals surface area contributed by atoms with Crippen LogP contribution in [0.2, 0.25) is 0 Å². The summed E-state index contributed by atoms with van der Waals surface area (Å²) >= 11 is 0. The minimum absolute atomic E-state index is 0.0375. The molecule has 0 amide bonds. The van der Waals surface area contributed by atoms with Crippen molar-refractivity contribution in [3.05, 3.63) is 58.7 Å². The molecule has 3 aliphatic carbocycles. The Kier molecular flexibility index (Phi) is 6.72. The van der Waals surface area contributed by atoms with Crippen LogP contribution < -0.4 is 0 Å². The zero-order valence-corrected chi connectivity index (χ0v) is 25.6. The zero-order valence-electron chi connectivity index (χ0n) is 25.6. The topological polar surface area (TPSA) is 138 Å². The molecule has 1 unspecified atom stereocenters. The van der Waals surface area contributed by atoms with Gasteiger partial charge in [-0.05, 0) is 43.0 Å². The van der Waals surface area contributed by atoms with E-state index in [2.05, 4.69) is 13.8 Å². The highest BCUT2D eigenvalue weighted by molar-refractivity contribution is 5.92. The van der Waals surface area contributed by atoms with E-state index in [1.165, 1.54) is 13.2 Å². The van der Waals surface area contributed by atoms with Crippen molar-refractivity contribution in [1.29, 1.82) is 0 Å². The first-order valence-electron chi connectivity index (χ1n) is 15.5. The Labute approximate surface area is 256 Å². The largest absolute Gasteiger partial charge is 0.469 e. The number of hydrogen-bond acceptors (Lipinski definition) is 10. The number of rotatable bonds is 5. The summed E-state index contributed by atoms with van der Waals surface area (Å²) in [7, 11) is 1.37. The Bertz CT molecular complexity index is 1470. The second-order valence-corrected chi connectivity index (χ2v) is 14.1. The van der Waals surface area contributed by atoms with E-state index in [0.29, 0.717) is 24.2 Å². The number of methoxy groups -OCH3 is 1. The summed E-state index contributed by atoms with van der Waals surface area (Å²) in [5.74, 6) is -2.46. The van der Waals surface area contributed by atoms with Crippen LogP contribution in [0.5, 0.6) is 0 Å². The maximum atomic E-state index is 13.5. The van der Waals surface area contributed by atoms with Gasteiger partial charge in [0.2, 0.25) is 6.29 Å². The van der Waals surface area contributed by atoms with E-state index in [0.717, 1.165) is 11.1 Å². The van der Waals surface area contributed by atoms with E-state index in [1.807, 2.05) is 19.9 Å². The number of aliphatic hydroxyl groups excluding tert-OH is 2. The van der Waals surface area contributed by atoms with Crippen molar-refractivity contribution in [3.63, 3.8) is 0 Å². The molecule has 6 aliphatic rings. The number of esters is 3. The molecule has 12 atom stereocenters. The van der Waals surface area contributed by atoms with Crippen LogP contribution in [0, 0.1) is 34.0 Å². The molecule has 0 aromatic heterocycles. The van der Waals surface area contributed by atoms with Gasteiger partial charge in [-0.3, -0.25) is 4.79 Å². The molecule has 0 spiro atoms. The molecule has 3 heterocycles. The van der Waals surface area contributed by atoms with Gasteiger partial charge in [-0.25, -0.2) is 9.59 Å². The standard InChI is InChI=1S/C34H40O10/c1-16-18(19-12-25(37)44-31(19)39)11-20-26(16)34(4)21(13-24(36)40-5)33(3)23(43-30(38)17-9-7-6-8-10-17)14-22(35)32(2)15-41-27(28(32)33)29(34)42-20/h6-10,12,18,20-23,25,27-29,35,37H,11,13-15H2,1-5H3/t18-,20-,21-,22-,23+,25?,27-,28+,29-,32-,33+,34-/m1/s1. The molecule has 10 nitrogen and oxygen atoms in total. The number of ether oxygens (including phenoxy) is 5. The smallest absolute Gasteiger partial charge is 0.338 e. The van der Waals surface area contributed by atoms with Crippen LogP contribution in [0.1, 0.15) is 57.3 Å². The first-order chi connectivity index (χ1) is 20.8. The molecular formula is C34H40O10. The predicted octanol–water partition coefficient (Wildman–Crippen LogP) is 3.11. The normalized spacial score (nSPS) is 45.3. The van der Waals surface area contributed by atoms with Crippen molar-refractivity contribution >= 4 is 17.9 Å². The van der Waals surface area contributed by atoms with Crippen molar-refractivity contribution < 1.29 is 48.3 Å². The molecule has 0 radical (unpaired) electrons. The average Bonchev–Trinajstić information content (AvgIpc) is 3.71. The number of aliphatic hydroxyl groups is 2. The number of allylic oxidation sites excluding steroid dienone is 1. The number of cyclic esters (lactones) is 1. The lowest BCUT2D eigenvalue weighted by molar-refractivity contribution is -0.242. The highest BCUT2D eigenvalue weighted by Crippen LogP contribution is 2.73. The van der Waals surface area contributed by atoms with E-state index < -0.39 is 70.8 Å². The average molecular weight is 609 g/mol. The predicted molar refractivity (Wildman–Crippen MR) is 154 cm³/mol. The SMILES string of the molecule is COC(=O)C[C@H]1[C@]2(C)C3=C(C)[C@H](C4=CC(O)OC4=O)C[C@H]3O[C@@H]2[C@@H]2OC[C@]3(C)[C@H](O)C[C@H](OC(=O)c4ccccc4)[C@@]1(C)[C@@H]23. The fraction of sp³-hybridized carbons (Fsp3) is 0.618. The van der Waals surface area contributed by atoms with Gasteiger partial charge in [0.15, 0.2) is 0 Å². The lowest BCUT2D eigenvalue weighted by Crippen LogP contribution is -2.70. The van der Waals surface area contributed by atoms with E-state index in [4.69, 9.17) is 23.7 Å². The molecule has 4 fully saturated rings. The van der Waals surface area contributed by atoms with Gasteiger partial charge in [0.05, 0.1) is 43.7 Å². The maximum absolute atomic E-state index is 13.5. The summed E-state index contributed by atoms with van der Waals surface area (Å²) in [6.45, 7) is 8.49. The van der Waals surface area contributed by atoms with Crippen LogP contribution in [0.15, 0.2) is 53.1 Å². The van der Waals surface area contributed by atoms with Gasteiger partial charge in [0, 0.05) is 46.5 Å². The van der Waals surface area contributed by atoms with Crippen LogP contribution in [-0.2, 0) is 33.3 Å². The number of hydrogen-bond donors (Lipinski definition) is 2. The fourth-order valence-corrected chi connectivity index (χ4v) is 10.3.